The van der Waals surface area contributed by atoms with Gasteiger partial charge in [0.2, 0.25) is 0 Å². The first-order valence-corrected chi connectivity index (χ1v) is 11.1. The predicted molar refractivity (Wildman–Crippen MR) is 129 cm³/mol. The highest BCUT2D eigenvalue weighted by Gasteiger charge is 2.31. The monoisotopic (exact) mass is 470 g/mol. The first-order valence-electron chi connectivity index (χ1n) is 9.54. The number of hydrogen-bond donors (Lipinski definition) is 0. The summed E-state index contributed by atoms with van der Waals surface area (Å²) in [6.07, 6.45) is 0. The van der Waals surface area contributed by atoms with E-state index in [1.165, 1.54) is 0 Å². The van der Waals surface area contributed by atoms with Gasteiger partial charge in [0.05, 0.1) is 0 Å². The second-order valence-corrected chi connectivity index (χ2v) is 8.80. The molecule has 0 heterocycles. The van der Waals surface area contributed by atoms with Crippen LogP contribution in [0.3, 0.4) is 0 Å². The lowest BCUT2D eigenvalue weighted by atomic mass is 9.73. The Labute approximate surface area is 197 Å². The van der Waals surface area contributed by atoms with Crippen LogP contribution in [0.25, 0.3) is 0 Å². The summed E-state index contributed by atoms with van der Waals surface area (Å²) in [5, 5.41) is 2.74. The van der Waals surface area contributed by atoms with E-state index in [0.29, 0.717) is 20.1 Å². The van der Waals surface area contributed by atoms with E-state index in [1.54, 1.807) is 0 Å². The fraction of sp³-hybridized carbons (Fsp3) is 0.0769. The Hall–Kier alpha value is -1.96. The minimum atomic E-state index is -0.115. The standard InChI is InChI=1S/C26H18Cl4/c27-19-9-5-7-17(15-19)25(21-11-1-3-13-23(21)29)26(18-8-6-10-20(28)16-18)22-12-2-4-14-24(22)30/h1-16,25-26H/t25-,26-/m1/s1. The second kappa shape index (κ2) is 9.45. The Morgan fingerprint density at radius 1 is 0.433 bits per heavy atom. The molecule has 0 saturated heterocycles. The van der Waals surface area contributed by atoms with Crippen LogP contribution in [0.2, 0.25) is 20.1 Å². The van der Waals surface area contributed by atoms with Crippen molar-refractivity contribution in [2.75, 3.05) is 0 Å². The summed E-state index contributed by atoms with van der Waals surface area (Å²) in [6.45, 7) is 0. The van der Waals surface area contributed by atoms with E-state index in [1.807, 2.05) is 72.8 Å². The Morgan fingerprint density at radius 3 is 1.20 bits per heavy atom. The molecule has 0 fully saturated rings. The normalized spacial score (nSPS) is 13.1. The van der Waals surface area contributed by atoms with Gasteiger partial charge in [-0.2, -0.15) is 0 Å². The van der Waals surface area contributed by atoms with Gasteiger partial charge in [-0.1, -0.05) is 107 Å². The van der Waals surface area contributed by atoms with Crippen LogP contribution in [0, 0.1) is 0 Å². The summed E-state index contributed by atoms with van der Waals surface area (Å²) in [5.74, 6) is -0.230. The Bertz CT molecular complexity index is 1080. The molecule has 4 aromatic carbocycles. The van der Waals surface area contributed by atoms with Crippen LogP contribution in [-0.4, -0.2) is 0 Å². The molecule has 0 amide bonds. The van der Waals surface area contributed by atoms with Crippen molar-refractivity contribution in [3.8, 4) is 0 Å². The van der Waals surface area contributed by atoms with E-state index in [9.17, 15) is 0 Å². The van der Waals surface area contributed by atoms with Gasteiger partial charge in [-0.25, -0.2) is 0 Å². The van der Waals surface area contributed by atoms with Gasteiger partial charge < -0.3 is 0 Å². The molecule has 0 saturated carbocycles. The van der Waals surface area contributed by atoms with Crippen LogP contribution < -0.4 is 0 Å². The third-order valence-corrected chi connectivity index (χ3v) is 6.39. The number of rotatable bonds is 5. The lowest BCUT2D eigenvalue weighted by Gasteiger charge is -2.31. The van der Waals surface area contributed by atoms with Gasteiger partial charge in [0.25, 0.3) is 0 Å². The maximum absolute atomic E-state index is 6.71. The molecule has 2 atom stereocenters. The van der Waals surface area contributed by atoms with E-state index < -0.39 is 0 Å². The molecule has 0 bridgehead atoms. The molecule has 0 N–H and O–H groups in total. The summed E-state index contributed by atoms with van der Waals surface area (Å²) in [4.78, 5) is 0. The highest BCUT2D eigenvalue weighted by atomic mass is 35.5. The van der Waals surface area contributed by atoms with E-state index in [-0.39, 0.29) is 11.8 Å². The first-order chi connectivity index (χ1) is 14.5. The van der Waals surface area contributed by atoms with E-state index in [0.717, 1.165) is 22.3 Å². The average Bonchev–Trinajstić information content (AvgIpc) is 2.73. The molecule has 4 heteroatoms. The topological polar surface area (TPSA) is 0 Å². The van der Waals surface area contributed by atoms with Gasteiger partial charge in [0.15, 0.2) is 0 Å². The third-order valence-electron chi connectivity index (χ3n) is 5.23. The number of benzene rings is 4. The quantitative estimate of drug-likeness (QED) is 0.272. The van der Waals surface area contributed by atoms with Crippen LogP contribution in [-0.2, 0) is 0 Å². The summed E-state index contributed by atoms with van der Waals surface area (Å²) in [6, 6.07) is 31.6. The lowest BCUT2D eigenvalue weighted by Crippen LogP contribution is -2.15. The molecular formula is C26H18Cl4. The number of hydrogen-bond acceptors (Lipinski definition) is 0. The van der Waals surface area contributed by atoms with Crippen molar-refractivity contribution in [2.24, 2.45) is 0 Å². The van der Waals surface area contributed by atoms with Crippen molar-refractivity contribution in [1.82, 2.24) is 0 Å². The molecule has 0 aliphatic carbocycles. The van der Waals surface area contributed by atoms with E-state index >= 15 is 0 Å². The zero-order chi connectivity index (χ0) is 21.1. The lowest BCUT2D eigenvalue weighted by molar-refractivity contribution is 0.694. The van der Waals surface area contributed by atoms with Crippen LogP contribution in [0.4, 0.5) is 0 Å². The summed E-state index contributed by atoms with van der Waals surface area (Å²) < 4.78 is 0. The highest BCUT2D eigenvalue weighted by molar-refractivity contribution is 6.32. The molecular weight excluding hydrogens is 454 g/mol. The third kappa shape index (κ3) is 4.53. The zero-order valence-corrected chi connectivity index (χ0v) is 18.9. The molecule has 0 aromatic heterocycles. The summed E-state index contributed by atoms with van der Waals surface area (Å²) in [5.41, 5.74) is 4.12. The molecule has 150 valence electrons. The molecule has 0 spiro atoms. The van der Waals surface area contributed by atoms with Crippen LogP contribution in [0.5, 0.6) is 0 Å². The second-order valence-electron chi connectivity index (χ2n) is 7.11. The first kappa shape index (κ1) is 21.3. The van der Waals surface area contributed by atoms with Gasteiger partial charge >= 0.3 is 0 Å². The van der Waals surface area contributed by atoms with Crippen molar-refractivity contribution >= 4 is 46.4 Å². The maximum atomic E-state index is 6.71. The van der Waals surface area contributed by atoms with Crippen molar-refractivity contribution in [2.45, 2.75) is 11.8 Å². The average molecular weight is 472 g/mol. The van der Waals surface area contributed by atoms with E-state index in [2.05, 4.69) is 24.3 Å². The minimum Gasteiger partial charge on any atom is -0.0843 e. The molecule has 30 heavy (non-hydrogen) atoms. The maximum Gasteiger partial charge on any atom is 0.0444 e. The largest absolute Gasteiger partial charge is 0.0843 e. The smallest absolute Gasteiger partial charge is 0.0444 e. The van der Waals surface area contributed by atoms with Crippen molar-refractivity contribution in [3.05, 3.63) is 139 Å². The van der Waals surface area contributed by atoms with Gasteiger partial charge in [-0.3, -0.25) is 0 Å². The SMILES string of the molecule is Clc1cccc([C@H](c2ccccc2Cl)[C@H](c2cccc(Cl)c2)c2ccccc2Cl)c1. The Kier molecular flexibility index (Phi) is 6.71. The molecule has 0 radical (unpaired) electrons. The van der Waals surface area contributed by atoms with Gasteiger partial charge in [0.1, 0.15) is 0 Å². The molecule has 4 aromatic rings. The highest BCUT2D eigenvalue weighted by Crippen LogP contribution is 2.47. The van der Waals surface area contributed by atoms with Crippen molar-refractivity contribution in [3.63, 3.8) is 0 Å². The summed E-state index contributed by atoms with van der Waals surface area (Å²) in [7, 11) is 0. The van der Waals surface area contributed by atoms with Gasteiger partial charge in [-0.05, 0) is 58.7 Å². The van der Waals surface area contributed by atoms with Crippen LogP contribution >= 0.6 is 46.4 Å². The minimum absolute atomic E-state index is 0.115. The molecule has 0 aliphatic rings. The van der Waals surface area contributed by atoms with Gasteiger partial charge in [-0.15, -0.1) is 0 Å². The molecule has 0 nitrogen and oxygen atoms in total. The summed E-state index contributed by atoms with van der Waals surface area (Å²) >= 11 is 26.2. The predicted octanol–water partition coefficient (Wildman–Crippen LogP) is 9.26. The Balaban J connectivity index is 2.03. The zero-order valence-electron chi connectivity index (χ0n) is 15.9. The molecule has 4 rings (SSSR count). The fourth-order valence-corrected chi connectivity index (χ4v) is 4.86. The number of halogens is 4. The van der Waals surface area contributed by atoms with Crippen molar-refractivity contribution in [1.29, 1.82) is 0 Å². The van der Waals surface area contributed by atoms with Crippen molar-refractivity contribution < 1.29 is 0 Å². The molecule has 0 aliphatic heterocycles. The van der Waals surface area contributed by atoms with Crippen LogP contribution in [0.1, 0.15) is 34.1 Å². The molecule has 0 unspecified atom stereocenters. The van der Waals surface area contributed by atoms with Crippen LogP contribution in [0.15, 0.2) is 97.1 Å². The van der Waals surface area contributed by atoms with Gasteiger partial charge in [0, 0.05) is 31.9 Å². The Morgan fingerprint density at radius 2 is 0.833 bits per heavy atom. The van der Waals surface area contributed by atoms with E-state index in [4.69, 9.17) is 46.4 Å². The fourth-order valence-electron chi connectivity index (χ4n) is 3.96.